The zero-order valence-electron chi connectivity index (χ0n) is 13.2. The number of carbonyl (C=O) groups is 1. The summed E-state index contributed by atoms with van der Waals surface area (Å²) in [6.45, 7) is 6.03. The summed E-state index contributed by atoms with van der Waals surface area (Å²) in [6, 6.07) is 3.70. The molecule has 2 heterocycles. The Morgan fingerprint density at radius 2 is 2.32 bits per heavy atom. The largest absolute Gasteiger partial charge is 0.494 e. The van der Waals surface area contributed by atoms with Crippen LogP contribution in [0.2, 0.25) is 0 Å². The maximum absolute atomic E-state index is 11.3. The van der Waals surface area contributed by atoms with Gasteiger partial charge in [0.15, 0.2) is 0 Å². The van der Waals surface area contributed by atoms with Crippen molar-refractivity contribution in [1.82, 2.24) is 4.90 Å². The minimum Gasteiger partial charge on any atom is -0.494 e. The summed E-state index contributed by atoms with van der Waals surface area (Å²) in [5.74, 6) is 1.04. The van der Waals surface area contributed by atoms with E-state index in [1.807, 2.05) is 17.9 Å². The van der Waals surface area contributed by atoms with Gasteiger partial charge in [-0.2, -0.15) is 0 Å². The number of rotatable bonds is 5. The highest BCUT2D eigenvalue weighted by molar-refractivity contribution is 5.73. The van der Waals surface area contributed by atoms with Gasteiger partial charge >= 0.3 is 5.97 Å². The number of carboxylic acid groups (broad SMARTS) is 1. The zero-order valence-corrected chi connectivity index (χ0v) is 13.2. The van der Waals surface area contributed by atoms with Gasteiger partial charge in [-0.1, -0.05) is 0 Å². The quantitative estimate of drug-likeness (QED) is 0.905. The number of hydrogen-bond donors (Lipinski definition) is 1. The van der Waals surface area contributed by atoms with Gasteiger partial charge in [-0.25, -0.2) is 0 Å². The molecule has 2 aliphatic rings. The molecule has 1 aromatic carbocycles. The fraction of sp³-hybridized carbons (Fsp3) is 0.588. The number of ether oxygens (including phenoxy) is 2. The molecule has 0 aliphatic carbocycles. The van der Waals surface area contributed by atoms with E-state index in [1.165, 1.54) is 5.56 Å². The lowest BCUT2D eigenvalue weighted by atomic mass is 10.1. The highest BCUT2D eigenvalue weighted by Crippen LogP contribution is 2.36. The van der Waals surface area contributed by atoms with Crippen LogP contribution >= 0.6 is 0 Å². The number of carboxylic acids is 1. The minimum absolute atomic E-state index is 0.193. The third-order valence-corrected chi connectivity index (χ3v) is 4.40. The molecule has 0 saturated carbocycles. The van der Waals surface area contributed by atoms with Gasteiger partial charge in [0, 0.05) is 24.1 Å². The Bertz CT molecular complexity index is 572. The molecule has 0 unspecified atom stereocenters. The molecule has 0 radical (unpaired) electrons. The van der Waals surface area contributed by atoms with Crippen molar-refractivity contribution >= 4 is 5.97 Å². The molecule has 0 spiro atoms. The van der Waals surface area contributed by atoms with Crippen LogP contribution < -0.4 is 9.47 Å². The Kier molecular flexibility index (Phi) is 4.25. The van der Waals surface area contributed by atoms with E-state index in [1.54, 1.807) is 0 Å². The second kappa shape index (κ2) is 6.16. The van der Waals surface area contributed by atoms with E-state index in [9.17, 15) is 9.90 Å². The molecule has 2 atom stereocenters. The highest BCUT2D eigenvalue weighted by atomic mass is 16.5. The maximum Gasteiger partial charge on any atom is 0.320 e. The summed E-state index contributed by atoms with van der Waals surface area (Å²) in [7, 11) is 0. The average Bonchev–Trinajstić information content (AvgIpc) is 3.05. The van der Waals surface area contributed by atoms with Gasteiger partial charge in [0.2, 0.25) is 0 Å². The van der Waals surface area contributed by atoms with Crippen molar-refractivity contribution in [3.63, 3.8) is 0 Å². The number of nitrogens with zero attached hydrogens (tertiary/aromatic N) is 1. The molecule has 5 heteroatoms. The maximum atomic E-state index is 11.3. The summed E-state index contributed by atoms with van der Waals surface area (Å²) < 4.78 is 11.6. The second-order valence-electron chi connectivity index (χ2n) is 6.10. The van der Waals surface area contributed by atoms with Gasteiger partial charge in [-0.15, -0.1) is 0 Å². The molecule has 2 aliphatic heterocycles. The predicted molar refractivity (Wildman–Crippen MR) is 82.5 cm³/mol. The monoisotopic (exact) mass is 305 g/mol. The molecule has 3 rings (SSSR count). The first-order valence-corrected chi connectivity index (χ1v) is 8.00. The molecule has 1 aromatic rings. The molecule has 1 fully saturated rings. The molecule has 0 amide bonds. The SMILES string of the molecule is CCOc1cc2c(cc1CN1CCC[C@H]1C(=O)O)O[C@H](C)C2. The van der Waals surface area contributed by atoms with E-state index >= 15 is 0 Å². The van der Waals surface area contributed by atoms with Crippen molar-refractivity contribution in [2.45, 2.75) is 51.8 Å². The van der Waals surface area contributed by atoms with Crippen LogP contribution in [-0.4, -0.2) is 41.3 Å². The van der Waals surface area contributed by atoms with E-state index in [4.69, 9.17) is 9.47 Å². The van der Waals surface area contributed by atoms with Crippen molar-refractivity contribution in [2.75, 3.05) is 13.2 Å². The van der Waals surface area contributed by atoms with Crippen LogP contribution in [0, 0.1) is 0 Å². The average molecular weight is 305 g/mol. The van der Waals surface area contributed by atoms with Crippen molar-refractivity contribution in [3.05, 3.63) is 23.3 Å². The molecule has 1 saturated heterocycles. The van der Waals surface area contributed by atoms with Crippen LogP contribution in [-0.2, 0) is 17.8 Å². The lowest BCUT2D eigenvalue weighted by Gasteiger charge is -2.23. The first-order chi connectivity index (χ1) is 10.6. The molecule has 0 bridgehead atoms. The normalized spacial score (nSPS) is 24.1. The van der Waals surface area contributed by atoms with Crippen LogP contribution in [0.1, 0.15) is 37.8 Å². The second-order valence-corrected chi connectivity index (χ2v) is 6.10. The first kappa shape index (κ1) is 15.2. The standard InChI is InChI=1S/C17H23NO4/c1-3-21-15-8-12-7-11(2)22-16(12)9-13(15)10-18-6-4-5-14(18)17(19)20/h8-9,11,14H,3-7,10H2,1-2H3,(H,19,20)/t11-,14+/m1/s1. The zero-order chi connectivity index (χ0) is 15.7. The Balaban J connectivity index is 1.86. The summed E-state index contributed by atoms with van der Waals surface area (Å²) in [5, 5.41) is 9.33. The first-order valence-electron chi connectivity index (χ1n) is 8.00. The Morgan fingerprint density at radius 3 is 3.05 bits per heavy atom. The summed E-state index contributed by atoms with van der Waals surface area (Å²) >= 11 is 0. The lowest BCUT2D eigenvalue weighted by molar-refractivity contribution is -0.142. The van der Waals surface area contributed by atoms with Crippen LogP contribution in [0.4, 0.5) is 0 Å². The summed E-state index contributed by atoms with van der Waals surface area (Å²) in [5.41, 5.74) is 2.19. The molecule has 0 aromatic heterocycles. The van der Waals surface area contributed by atoms with Gasteiger partial charge in [0.25, 0.3) is 0 Å². The van der Waals surface area contributed by atoms with E-state index < -0.39 is 5.97 Å². The van der Waals surface area contributed by atoms with E-state index in [0.29, 0.717) is 13.2 Å². The van der Waals surface area contributed by atoms with Gasteiger partial charge in [-0.3, -0.25) is 9.69 Å². The highest BCUT2D eigenvalue weighted by Gasteiger charge is 2.31. The molecule has 22 heavy (non-hydrogen) atoms. The smallest absolute Gasteiger partial charge is 0.320 e. The topological polar surface area (TPSA) is 59.0 Å². The fourth-order valence-corrected chi connectivity index (χ4v) is 3.41. The third kappa shape index (κ3) is 2.90. The van der Waals surface area contributed by atoms with Crippen LogP contribution in [0.3, 0.4) is 0 Å². The van der Waals surface area contributed by atoms with E-state index in [0.717, 1.165) is 42.9 Å². The number of benzene rings is 1. The number of fused-ring (bicyclic) bond motifs is 1. The van der Waals surface area contributed by atoms with Gasteiger partial charge in [-0.05, 0) is 45.4 Å². The van der Waals surface area contributed by atoms with E-state index in [-0.39, 0.29) is 12.1 Å². The van der Waals surface area contributed by atoms with Crippen molar-refractivity contribution < 1.29 is 19.4 Å². The number of aliphatic carboxylic acids is 1. The predicted octanol–water partition coefficient (Wildman–Crippen LogP) is 2.46. The summed E-state index contributed by atoms with van der Waals surface area (Å²) in [4.78, 5) is 13.4. The molecule has 5 nitrogen and oxygen atoms in total. The number of likely N-dealkylation sites (tertiary alicyclic amines) is 1. The Labute approximate surface area is 130 Å². The lowest BCUT2D eigenvalue weighted by Crippen LogP contribution is -2.35. The third-order valence-electron chi connectivity index (χ3n) is 4.40. The molecule has 120 valence electrons. The Morgan fingerprint density at radius 1 is 1.50 bits per heavy atom. The van der Waals surface area contributed by atoms with Gasteiger partial charge in [0.1, 0.15) is 23.6 Å². The Hall–Kier alpha value is -1.75. The van der Waals surface area contributed by atoms with Crippen molar-refractivity contribution in [1.29, 1.82) is 0 Å². The molecular formula is C17H23NO4. The van der Waals surface area contributed by atoms with Crippen LogP contribution in [0.25, 0.3) is 0 Å². The van der Waals surface area contributed by atoms with Crippen molar-refractivity contribution in [3.8, 4) is 11.5 Å². The van der Waals surface area contributed by atoms with E-state index in [2.05, 4.69) is 13.0 Å². The summed E-state index contributed by atoms with van der Waals surface area (Å²) in [6.07, 6.45) is 2.74. The minimum atomic E-state index is -0.735. The van der Waals surface area contributed by atoms with Crippen LogP contribution in [0.15, 0.2) is 12.1 Å². The molecule has 1 N–H and O–H groups in total. The fourth-order valence-electron chi connectivity index (χ4n) is 3.41. The van der Waals surface area contributed by atoms with Gasteiger partial charge < -0.3 is 14.6 Å². The van der Waals surface area contributed by atoms with Gasteiger partial charge in [0.05, 0.1) is 6.61 Å². The number of hydrogen-bond acceptors (Lipinski definition) is 4. The van der Waals surface area contributed by atoms with Crippen molar-refractivity contribution in [2.24, 2.45) is 0 Å². The molecular weight excluding hydrogens is 282 g/mol. The van der Waals surface area contributed by atoms with Crippen LogP contribution in [0.5, 0.6) is 11.5 Å².